The van der Waals surface area contributed by atoms with Crippen molar-refractivity contribution in [2.75, 3.05) is 6.54 Å². The molecule has 0 saturated heterocycles. The van der Waals surface area contributed by atoms with Gasteiger partial charge in [-0.3, -0.25) is 4.79 Å². The normalized spacial score (nSPS) is 27.3. The highest BCUT2D eigenvalue weighted by Crippen LogP contribution is 2.38. The zero-order valence-corrected chi connectivity index (χ0v) is 13.1. The van der Waals surface area contributed by atoms with Crippen molar-refractivity contribution in [2.45, 2.75) is 58.8 Å². The lowest BCUT2D eigenvalue weighted by Gasteiger charge is -2.37. The quantitative estimate of drug-likeness (QED) is 0.888. The number of nitrogens with one attached hydrogen (secondary N) is 2. The Bertz CT molecular complexity index is 442. The zero-order valence-electron chi connectivity index (χ0n) is 13.1. The Labute approximate surface area is 121 Å². The largest absolute Gasteiger partial charge is 0.355 e. The van der Waals surface area contributed by atoms with Gasteiger partial charge in [-0.2, -0.15) is 0 Å². The summed E-state index contributed by atoms with van der Waals surface area (Å²) in [5, 5.41) is 3.15. The molecule has 1 aromatic rings. The third-order valence-electron chi connectivity index (χ3n) is 4.90. The van der Waals surface area contributed by atoms with E-state index in [1.807, 2.05) is 13.8 Å². The van der Waals surface area contributed by atoms with Crippen molar-refractivity contribution in [3.05, 3.63) is 18.2 Å². The van der Waals surface area contributed by atoms with E-state index in [-0.39, 0.29) is 11.3 Å². The van der Waals surface area contributed by atoms with Crippen LogP contribution in [0.3, 0.4) is 0 Å². The molecular formula is C16H27N3O. The second-order valence-electron chi connectivity index (χ2n) is 7.27. The Morgan fingerprint density at radius 2 is 2.15 bits per heavy atom. The second-order valence-corrected chi connectivity index (χ2v) is 7.27. The third kappa shape index (κ3) is 3.22. The summed E-state index contributed by atoms with van der Waals surface area (Å²) < 4.78 is 0. The monoisotopic (exact) mass is 277 g/mol. The third-order valence-corrected chi connectivity index (χ3v) is 4.90. The van der Waals surface area contributed by atoms with E-state index in [4.69, 9.17) is 0 Å². The Kier molecular flexibility index (Phi) is 4.21. The number of hydrogen-bond acceptors (Lipinski definition) is 2. The number of aromatic nitrogens is 2. The number of nitrogens with zero attached hydrogens (tertiary/aromatic N) is 1. The molecule has 2 N–H and O–H groups in total. The Hall–Kier alpha value is -1.32. The van der Waals surface area contributed by atoms with Gasteiger partial charge in [0.05, 0.1) is 11.7 Å². The van der Waals surface area contributed by atoms with Crippen molar-refractivity contribution >= 4 is 5.91 Å². The molecule has 20 heavy (non-hydrogen) atoms. The lowest BCUT2D eigenvalue weighted by molar-refractivity contribution is -0.126. The maximum atomic E-state index is 12.5. The van der Waals surface area contributed by atoms with E-state index in [0.29, 0.717) is 0 Å². The van der Waals surface area contributed by atoms with Gasteiger partial charge in [-0.05, 0) is 38.0 Å². The molecule has 0 bridgehead atoms. The standard InChI is InChI=1S/C16H27N3O/c1-12-5-7-16(4,8-6-12)10-18-14(20)15(2,3)13-9-17-11-19-13/h9,11-12H,5-8,10H2,1-4H3,(H,17,19)(H,18,20). The average molecular weight is 277 g/mol. The Morgan fingerprint density at radius 3 is 2.70 bits per heavy atom. The highest BCUT2D eigenvalue weighted by molar-refractivity contribution is 5.86. The van der Waals surface area contributed by atoms with Crippen molar-refractivity contribution in [3.8, 4) is 0 Å². The summed E-state index contributed by atoms with van der Waals surface area (Å²) in [6.45, 7) is 9.25. The summed E-state index contributed by atoms with van der Waals surface area (Å²) in [5.74, 6) is 0.904. The molecule has 1 amide bonds. The molecule has 2 rings (SSSR count). The SMILES string of the molecule is CC1CCC(C)(CNC(=O)C(C)(C)c2cnc[nH]2)CC1. The molecule has 1 heterocycles. The van der Waals surface area contributed by atoms with Crippen LogP contribution in [0.4, 0.5) is 0 Å². The molecule has 112 valence electrons. The maximum Gasteiger partial charge on any atom is 0.231 e. The zero-order chi connectivity index (χ0) is 14.8. The van der Waals surface area contributed by atoms with E-state index >= 15 is 0 Å². The molecule has 0 spiro atoms. The molecule has 4 nitrogen and oxygen atoms in total. The molecule has 1 fully saturated rings. The van der Waals surface area contributed by atoms with Crippen molar-refractivity contribution in [1.82, 2.24) is 15.3 Å². The first kappa shape index (κ1) is 15.1. The number of aromatic amines is 1. The van der Waals surface area contributed by atoms with Crippen LogP contribution in [-0.4, -0.2) is 22.4 Å². The number of hydrogen-bond donors (Lipinski definition) is 2. The van der Waals surface area contributed by atoms with Gasteiger partial charge in [0.15, 0.2) is 0 Å². The van der Waals surface area contributed by atoms with Gasteiger partial charge in [-0.15, -0.1) is 0 Å². The van der Waals surface area contributed by atoms with Gasteiger partial charge in [0.1, 0.15) is 0 Å². The number of rotatable bonds is 4. The lowest BCUT2D eigenvalue weighted by Crippen LogP contribution is -2.45. The molecule has 0 aromatic carbocycles. The molecule has 1 saturated carbocycles. The van der Waals surface area contributed by atoms with Crippen LogP contribution in [0.25, 0.3) is 0 Å². The van der Waals surface area contributed by atoms with Gasteiger partial charge in [-0.1, -0.05) is 26.7 Å². The summed E-state index contributed by atoms with van der Waals surface area (Å²) in [7, 11) is 0. The van der Waals surface area contributed by atoms with Gasteiger partial charge in [0.2, 0.25) is 5.91 Å². The van der Waals surface area contributed by atoms with Crippen LogP contribution in [0, 0.1) is 11.3 Å². The summed E-state index contributed by atoms with van der Waals surface area (Å²) in [4.78, 5) is 19.5. The second kappa shape index (κ2) is 5.58. The van der Waals surface area contributed by atoms with Crippen LogP contribution in [0.1, 0.15) is 59.1 Å². The van der Waals surface area contributed by atoms with Crippen molar-refractivity contribution < 1.29 is 4.79 Å². The van der Waals surface area contributed by atoms with Crippen LogP contribution in [0.5, 0.6) is 0 Å². The molecule has 0 unspecified atom stereocenters. The minimum atomic E-state index is -0.561. The Morgan fingerprint density at radius 1 is 1.50 bits per heavy atom. The number of carbonyl (C=O) groups excluding carboxylic acids is 1. The van der Waals surface area contributed by atoms with Crippen LogP contribution < -0.4 is 5.32 Å². The lowest BCUT2D eigenvalue weighted by atomic mass is 9.72. The number of imidazole rings is 1. The van der Waals surface area contributed by atoms with Gasteiger partial charge in [0.25, 0.3) is 0 Å². The number of H-pyrrole nitrogens is 1. The fourth-order valence-corrected chi connectivity index (χ4v) is 2.87. The predicted octanol–water partition coefficient (Wildman–Crippen LogP) is 3.02. The average Bonchev–Trinajstić information content (AvgIpc) is 2.94. The van der Waals surface area contributed by atoms with E-state index in [1.165, 1.54) is 25.7 Å². The molecule has 0 radical (unpaired) electrons. The van der Waals surface area contributed by atoms with Crippen molar-refractivity contribution in [1.29, 1.82) is 0 Å². The number of amides is 1. The fourth-order valence-electron chi connectivity index (χ4n) is 2.87. The number of carbonyl (C=O) groups is 1. The topological polar surface area (TPSA) is 57.8 Å². The highest BCUT2D eigenvalue weighted by atomic mass is 16.2. The first-order valence-corrected chi connectivity index (χ1v) is 7.61. The van der Waals surface area contributed by atoms with E-state index in [1.54, 1.807) is 12.5 Å². The first-order chi connectivity index (χ1) is 9.33. The molecule has 4 heteroatoms. The highest BCUT2D eigenvalue weighted by Gasteiger charge is 2.34. The Balaban J connectivity index is 1.92. The van der Waals surface area contributed by atoms with E-state index in [0.717, 1.165) is 18.2 Å². The smallest absolute Gasteiger partial charge is 0.231 e. The summed E-state index contributed by atoms with van der Waals surface area (Å²) >= 11 is 0. The summed E-state index contributed by atoms with van der Waals surface area (Å²) in [6.07, 6.45) is 8.31. The van der Waals surface area contributed by atoms with Gasteiger partial charge >= 0.3 is 0 Å². The van der Waals surface area contributed by atoms with Crippen LogP contribution >= 0.6 is 0 Å². The van der Waals surface area contributed by atoms with Gasteiger partial charge in [0, 0.05) is 18.4 Å². The van der Waals surface area contributed by atoms with Crippen LogP contribution in [0.15, 0.2) is 12.5 Å². The molecule has 1 aliphatic carbocycles. The molecule has 0 aliphatic heterocycles. The van der Waals surface area contributed by atoms with Gasteiger partial charge in [-0.25, -0.2) is 4.98 Å². The van der Waals surface area contributed by atoms with Gasteiger partial charge < -0.3 is 10.3 Å². The minimum Gasteiger partial charge on any atom is -0.355 e. The molecule has 0 atom stereocenters. The molecular weight excluding hydrogens is 250 g/mol. The van der Waals surface area contributed by atoms with Crippen LogP contribution in [0.2, 0.25) is 0 Å². The molecule has 1 aliphatic rings. The minimum absolute atomic E-state index is 0.0709. The maximum absolute atomic E-state index is 12.5. The van der Waals surface area contributed by atoms with E-state index < -0.39 is 5.41 Å². The van der Waals surface area contributed by atoms with E-state index in [2.05, 4.69) is 29.1 Å². The molecule has 1 aromatic heterocycles. The summed E-state index contributed by atoms with van der Waals surface area (Å²) in [5.41, 5.74) is 0.554. The van der Waals surface area contributed by atoms with Crippen LogP contribution in [-0.2, 0) is 10.2 Å². The predicted molar refractivity (Wildman–Crippen MR) is 80.4 cm³/mol. The van der Waals surface area contributed by atoms with Crippen molar-refractivity contribution in [3.63, 3.8) is 0 Å². The fraction of sp³-hybridized carbons (Fsp3) is 0.750. The van der Waals surface area contributed by atoms with Crippen molar-refractivity contribution in [2.24, 2.45) is 11.3 Å². The summed E-state index contributed by atoms with van der Waals surface area (Å²) in [6, 6.07) is 0. The van der Waals surface area contributed by atoms with E-state index in [9.17, 15) is 4.79 Å². The first-order valence-electron chi connectivity index (χ1n) is 7.61.